The van der Waals surface area contributed by atoms with E-state index in [2.05, 4.69) is 10.5 Å². The van der Waals surface area contributed by atoms with Crippen LogP contribution >= 0.6 is 11.6 Å². The summed E-state index contributed by atoms with van der Waals surface area (Å²) in [6, 6.07) is 18.3. The third-order valence-electron chi connectivity index (χ3n) is 3.65. The van der Waals surface area contributed by atoms with Crippen molar-refractivity contribution in [1.82, 2.24) is 5.43 Å². The molecular weight excluding hydrogens is 383 g/mol. The molecule has 3 aromatic carbocycles. The second-order valence-corrected chi connectivity index (χ2v) is 6.06. The van der Waals surface area contributed by atoms with Crippen molar-refractivity contribution >= 4 is 29.7 Å². The van der Waals surface area contributed by atoms with Gasteiger partial charge in [0.1, 0.15) is 11.6 Å². The van der Waals surface area contributed by atoms with Crippen molar-refractivity contribution in [2.45, 2.75) is 0 Å². The molecule has 0 saturated heterocycles. The molecule has 3 aromatic rings. The van der Waals surface area contributed by atoms with Crippen LogP contribution in [0.4, 0.5) is 4.39 Å². The number of hydrazone groups is 1. The van der Waals surface area contributed by atoms with Gasteiger partial charge in [-0.2, -0.15) is 5.10 Å². The van der Waals surface area contributed by atoms with Crippen LogP contribution in [-0.2, 0) is 0 Å². The maximum absolute atomic E-state index is 12.9. The van der Waals surface area contributed by atoms with E-state index in [1.165, 1.54) is 30.5 Å². The summed E-state index contributed by atoms with van der Waals surface area (Å²) < 4.78 is 18.2. The lowest BCUT2D eigenvalue weighted by atomic mass is 10.2. The normalized spacial score (nSPS) is 10.6. The highest BCUT2D eigenvalue weighted by atomic mass is 35.5. The summed E-state index contributed by atoms with van der Waals surface area (Å²) in [5, 5.41) is 4.15. The van der Waals surface area contributed by atoms with E-state index in [4.69, 9.17) is 16.3 Å². The molecule has 7 heteroatoms. The molecule has 0 bridgehead atoms. The van der Waals surface area contributed by atoms with E-state index in [0.717, 1.165) is 0 Å². The van der Waals surface area contributed by atoms with Crippen molar-refractivity contribution in [2.24, 2.45) is 5.10 Å². The minimum absolute atomic E-state index is 0.259. The Balaban J connectivity index is 1.63. The zero-order valence-corrected chi connectivity index (χ0v) is 15.2. The van der Waals surface area contributed by atoms with Crippen molar-refractivity contribution in [2.75, 3.05) is 0 Å². The van der Waals surface area contributed by atoms with Gasteiger partial charge in [-0.05, 0) is 54.1 Å². The molecule has 5 nitrogen and oxygen atoms in total. The van der Waals surface area contributed by atoms with Gasteiger partial charge >= 0.3 is 5.97 Å². The molecule has 0 aliphatic rings. The first-order valence-corrected chi connectivity index (χ1v) is 8.56. The van der Waals surface area contributed by atoms with Crippen LogP contribution in [0.3, 0.4) is 0 Å². The molecule has 140 valence electrons. The van der Waals surface area contributed by atoms with Gasteiger partial charge in [0.2, 0.25) is 0 Å². The van der Waals surface area contributed by atoms with Gasteiger partial charge in [0, 0.05) is 5.56 Å². The summed E-state index contributed by atoms with van der Waals surface area (Å²) in [4.78, 5) is 24.1. The molecule has 1 amide bonds. The minimum atomic E-state index is -0.579. The molecule has 3 rings (SSSR count). The molecule has 0 atom stereocenters. The molecule has 0 heterocycles. The van der Waals surface area contributed by atoms with Gasteiger partial charge in [0.05, 0.1) is 16.8 Å². The number of hydrogen-bond donors (Lipinski definition) is 1. The van der Waals surface area contributed by atoms with E-state index in [1.54, 1.807) is 48.5 Å². The molecule has 0 aliphatic carbocycles. The fourth-order valence-electron chi connectivity index (χ4n) is 2.28. The summed E-state index contributed by atoms with van der Waals surface area (Å²) in [6.07, 6.45) is 1.40. The van der Waals surface area contributed by atoms with Gasteiger partial charge in [-0.25, -0.2) is 14.6 Å². The lowest BCUT2D eigenvalue weighted by Crippen LogP contribution is -2.17. The highest BCUT2D eigenvalue weighted by Gasteiger charge is 2.12. The Bertz CT molecular complexity index is 1040. The van der Waals surface area contributed by atoms with E-state index in [1.807, 2.05) is 0 Å². The van der Waals surface area contributed by atoms with Crippen molar-refractivity contribution in [3.8, 4) is 5.75 Å². The molecule has 0 aromatic heterocycles. The van der Waals surface area contributed by atoms with Crippen LogP contribution in [0.25, 0.3) is 0 Å². The summed E-state index contributed by atoms with van der Waals surface area (Å²) in [7, 11) is 0. The van der Waals surface area contributed by atoms with Crippen molar-refractivity contribution in [3.05, 3.63) is 100 Å². The Labute approximate surface area is 165 Å². The summed E-state index contributed by atoms with van der Waals surface area (Å²) >= 11 is 5.99. The lowest BCUT2D eigenvalue weighted by molar-refractivity contribution is 0.0734. The van der Waals surface area contributed by atoms with Crippen LogP contribution < -0.4 is 10.2 Å². The molecule has 0 unspecified atom stereocenters. The van der Waals surface area contributed by atoms with Crippen LogP contribution in [0.15, 0.2) is 77.9 Å². The van der Waals surface area contributed by atoms with Gasteiger partial charge in [-0.1, -0.05) is 35.9 Å². The monoisotopic (exact) mass is 396 g/mol. The number of ether oxygens (including phenoxy) is 1. The highest BCUT2D eigenvalue weighted by molar-refractivity contribution is 6.33. The number of amides is 1. The van der Waals surface area contributed by atoms with Gasteiger partial charge in [0.15, 0.2) is 0 Å². The lowest BCUT2D eigenvalue weighted by Gasteiger charge is -2.06. The quantitative estimate of drug-likeness (QED) is 0.299. The second kappa shape index (κ2) is 8.92. The van der Waals surface area contributed by atoms with Crippen molar-refractivity contribution < 1.29 is 18.7 Å². The Kier molecular flexibility index (Phi) is 6.14. The maximum Gasteiger partial charge on any atom is 0.345 e. The van der Waals surface area contributed by atoms with Crippen molar-refractivity contribution in [1.29, 1.82) is 0 Å². The van der Waals surface area contributed by atoms with Gasteiger partial charge in [-0.15, -0.1) is 0 Å². The maximum atomic E-state index is 12.9. The molecule has 1 N–H and O–H groups in total. The topological polar surface area (TPSA) is 67.8 Å². The number of halogens is 2. The van der Waals surface area contributed by atoms with Crippen LogP contribution in [0.5, 0.6) is 5.75 Å². The van der Waals surface area contributed by atoms with E-state index in [-0.39, 0.29) is 11.1 Å². The molecular formula is C21H14ClFN2O3. The van der Waals surface area contributed by atoms with E-state index < -0.39 is 17.7 Å². The number of rotatable bonds is 5. The number of esters is 1. The summed E-state index contributed by atoms with van der Waals surface area (Å²) in [5.74, 6) is -1.18. The van der Waals surface area contributed by atoms with Crippen molar-refractivity contribution in [3.63, 3.8) is 0 Å². The average molecular weight is 397 g/mol. The fraction of sp³-hybridized carbons (Fsp3) is 0. The number of carbonyl (C=O) groups excluding carboxylic acids is 2. The number of nitrogens with one attached hydrogen (secondary N) is 1. The predicted molar refractivity (Wildman–Crippen MR) is 104 cm³/mol. The number of hydrogen-bond acceptors (Lipinski definition) is 4. The Morgan fingerprint density at radius 2 is 1.75 bits per heavy atom. The SMILES string of the molecule is O=C(N/N=C/c1cccc(OC(=O)c2ccccc2Cl)c1)c1ccc(F)cc1. The van der Waals surface area contributed by atoms with E-state index in [0.29, 0.717) is 16.3 Å². The standard InChI is InChI=1S/C21H14ClFN2O3/c22-19-7-2-1-6-18(19)21(27)28-17-5-3-4-14(12-17)13-24-25-20(26)15-8-10-16(23)11-9-15/h1-13H,(H,25,26)/b24-13+. The Morgan fingerprint density at radius 3 is 2.50 bits per heavy atom. The predicted octanol–water partition coefficient (Wildman–Crippen LogP) is 4.46. The fourth-order valence-corrected chi connectivity index (χ4v) is 2.49. The largest absolute Gasteiger partial charge is 0.423 e. The van der Waals surface area contributed by atoms with Crippen LogP contribution in [0, 0.1) is 5.82 Å². The third-order valence-corrected chi connectivity index (χ3v) is 3.98. The number of carbonyl (C=O) groups is 2. The zero-order valence-electron chi connectivity index (χ0n) is 14.4. The molecule has 0 aliphatic heterocycles. The van der Waals surface area contributed by atoms with Gasteiger partial charge < -0.3 is 4.74 Å². The smallest absolute Gasteiger partial charge is 0.345 e. The van der Waals surface area contributed by atoms with Gasteiger partial charge in [0.25, 0.3) is 5.91 Å². The highest BCUT2D eigenvalue weighted by Crippen LogP contribution is 2.19. The molecule has 0 fully saturated rings. The second-order valence-electron chi connectivity index (χ2n) is 5.65. The first-order valence-electron chi connectivity index (χ1n) is 8.19. The Hall–Kier alpha value is -3.51. The van der Waals surface area contributed by atoms with Crippen LogP contribution in [0.1, 0.15) is 26.3 Å². The summed E-state index contributed by atoms with van der Waals surface area (Å²) in [6.45, 7) is 0. The zero-order chi connectivity index (χ0) is 19.9. The average Bonchev–Trinajstić information content (AvgIpc) is 2.69. The molecule has 28 heavy (non-hydrogen) atoms. The van der Waals surface area contributed by atoms with Gasteiger partial charge in [-0.3, -0.25) is 4.79 Å². The molecule has 0 spiro atoms. The first kappa shape index (κ1) is 19.3. The molecule has 0 radical (unpaired) electrons. The van der Waals surface area contributed by atoms with E-state index in [9.17, 15) is 14.0 Å². The van der Waals surface area contributed by atoms with Crippen LogP contribution in [-0.4, -0.2) is 18.1 Å². The number of benzene rings is 3. The number of nitrogens with zero attached hydrogens (tertiary/aromatic N) is 1. The first-order chi connectivity index (χ1) is 13.5. The van der Waals surface area contributed by atoms with E-state index >= 15 is 0 Å². The Morgan fingerprint density at radius 1 is 1.00 bits per heavy atom. The summed E-state index contributed by atoms with van der Waals surface area (Å²) in [5.41, 5.74) is 3.48. The molecule has 0 saturated carbocycles. The van der Waals surface area contributed by atoms with Crippen LogP contribution in [0.2, 0.25) is 5.02 Å². The minimum Gasteiger partial charge on any atom is -0.423 e. The third kappa shape index (κ3) is 5.02.